The molecule has 0 bridgehead atoms. The Morgan fingerprint density at radius 3 is 3.13 bits per heavy atom. The van der Waals surface area contributed by atoms with Gasteiger partial charge < -0.3 is 10.1 Å². The van der Waals surface area contributed by atoms with Gasteiger partial charge in [0.05, 0.1) is 12.2 Å². The van der Waals surface area contributed by atoms with E-state index in [1.165, 1.54) is 6.33 Å². The fourth-order valence-corrected chi connectivity index (χ4v) is 1.64. The molecule has 0 fully saturated rings. The number of aromatic amines is 1. The second kappa shape index (κ2) is 3.27. The lowest BCUT2D eigenvalue weighted by molar-refractivity contribution is 0.201. The highest BCUT2D eigenvalue weighted by molar-refractivity contribution is 5.57. The number of ether oxygens (including phenoxy) is 1. The van der Waals surface area contributed by atoms with Crippen molar-refractivity contribution >= 4 is 5.69 Å². The monoisotopic (exact) mass is 202 g/mol. The molecule has 3 rings (SSSR count). The molecule has 1 aliphatic heterocycles. The number of anilines is 1. The first-order valence-electron chi connectivity index (χ1n) is 4.78. The maximum atomic E-state index is 5.78. The van der Waals surface area contributed by atoms with Crippen molar-refractivity contribution in [2.24, 2.45) is 0 Å². The number of aromatic nitrogens is 3. The van der Waals surface area contributed by atoms with E-state index in [4.69, 9.17) is 4.74 Å². The van der Waals surface area contributed by atoms with Gasteiger partial charge in [0.1, 0.15) is 12.1 Å². The molecule has 2 heterocycles. The number of fused-ring (bicyclic) bond motifs is 1. The predicted octanol–water partition coefficient (Wildman–Crippen LogP) is 1.35. The average molecular weight is 202 g/mol. The van der Waals surface area contributed by atoms with E-state index in [-0.39, 0.29) is 6.10 Å². The molecule has 0 amide bonds. The molecule has 0 spiro atoms. The summed E-state index contributed by atoms with van der Waals surface area (Å²) < 4.78 is 5.78. The van der Waals surface area contributed by atoms with E-state index in [1.54, 1.807) is 0 Å². The number of nitrogens with zero attached hydrogens (tertiary/aromatic N) is 2. The van der Waals surface area contributed by atoms with Crippen molar-refractivity contribution in [2.75, 3.05) is 11.9 Å². The van der Waals surface area contributed by atoms with Crippen molar-refractivity contribution in [1.82, 2.24) is 15.2 Å². The van der Waals surface area contributed by atoms with Crippen LogP contribution in [-0.2, 0) is 0 Å². The fourth-order valence-electron chi connectivity index (χ4n) is 1.64. The number of benzene rings is 1. The topological polar surface area (TPSA) is 62.8 Å². The van der Waals surface area contributed by atoms with Crippen molar-refractivity contribution < 1.29 is 4.74 Å². The predicted molar refractivity (Wildman–Crippen MR) is 54.7 cm³/mol. The van der Waals surface area contributed by atoms with Crippen LogP contribution < -0.4 is 10.1 Å². The summed E-state index contributed by atoms with van der Waals surface area (Å²) in [4.78, 5) is 4.08. The Kier molecular flexibility index (Phi) is 1.81. The third-order valence-corrected chi connectivity index (χ3v) is 2.37. The highest BCUT2D eigenvalue weighted by Gasteiger charge is 2.22. The van der Waals surface area contributed by atoms with E-state index in [9.17, 15) is 0 Å². The Hall–Kier alpha value is -2.04. The average Bonchev–Trinajstić information content (AvgIpc) is 2.82. The Labute approximate surface area is 86.5 Å². The second-order valence-electron chi connectivity index (χ2n) is 3.35. The van der Waals surface area contributed by atoms with Crippen molar-refractivity contribution in [3.05, 3.63) is 36.4 Å². The molecule has 0 radical (unpaired) electrons. The van der Waals surface area contributed by atoms with Gasteiger partial charge in [-0.15, -0.1) is 0 Å². The third-order valence-electron chi connectivity index (χ3n) is 2.37. The molecule has 1 atom stereocenters. The molecule has 1 aliphatic rings. The first-order valence-corrected chi connectivity index (χ1v) is 4.78. The summed E-state index contributed by atoms with van der Waals surface area (Å²) in [5, 5.41) is 9.91. The zero-order valence-corrected chi connectivity index (χ0v) is 7.97. The summed E-state index contributed by atoms with van der Waals surface area (Å²) in [6.07, 6.45) is 1.39. The highest BCUT2D eigenvalue weighted by Crippen LogP contribution is 2.32. The maximum Gasteiger partial charge on any atom is 0.175 e. The van der Waals surface area contributed by atoms with Gasteiger partial charge in [0.15, 0.2) is 11.9 Å². The first kappa shape index (κ1) is 8.28. The summed E-state index contributed by atoms with van der Waals surface area (Å²) in [5.74, 6) is 1.60. The molecule has 76 valence electrons. The van der Waals surface area contributed by atoms with E-state index in [2.05, 4.69) is 20.5 Å². The lowest BCUT2D eigenvalue weighted by Gasteiger charge is -2.25. The molecule has 2 aromatic rings. The minimum Gasteiger partial charge on any atom is -0.478 e. The molecule has 0 aliphatic carbocycles. The standard InChI is InChI=1S/C10H10N4O/c1-2-4-8-7(3-1)11-5-9(15-8)10-12-6-13-14-10/h1-4,6,9,11H,5H2,(H,12,13,14). The van der Waals surface area contributed by atoms with Crippen LogP contribution in [0.3, 0.4) is 0 Å². The maximum absolute atomic E-state index is 5.78. The smallest absolute Gasteiger partial charge is 0.175 e. The van der Waals surface area contributed by atoms with Crippen LogP contribution in [0.2, 0.25) is 0 Å². The normalized spacial score (nSPS) is 18.8. The first-order chi connectivity index (χ1) is 7.43. The minimum absolute atomic E-state index is 0.0950. The molecule has 15 heavy (non-hydrogen) atoms. The lowest BCUT2D eigenvalue weighted by Crippen LogP contribution is -2.24. The molecule has 1 aromatic heterocycles. The number of para-hydroxylation sites is 2. The van der Waals surface area contributed by atoms with Gasteiger partial charge in [0.25, 0.3) is 0 Å². The van der Waals surface area contributed by atoms with Crippen LogP contribution in [0.25, 0.3) is 0 Å². The van der Waals surface area contributed by atoms with Gasteiger partial charge in [0.2, 0.25) is 0 Å². The van der Waals surface area contributed by atoms with Gasteiger partial charge in [-0.2, -0.15) is 5.10 Å². The van der Waals surface area contributed by atoms with E-state index >= 15 is 0 Å². The van der Waals surface area contributed by atoms with Crippen LogP contribution in [0.5, 0.6) is 5.75 Å². The van der Waals surface area contributed by atoms with Gasteiger partial charge in [-0.3, -0.25) is 5.10 Å². The van der Waals surface area contributed by atoms with Crippen LogP contribution in [0.15, 0.2) is 30.6 Å². The summed E-state index contributed by atoms with van der Waals surface area (Å²) in [7, 11) is 0. The van der Waals surface area contributed by atoms with E-state index in [0.29, 0.717) is 6.54 Å². The van der Waals surface area contributed by atoms with Gasteiger partial charge >= 0.3 is 0 Å². The Morgan fingerprint density at radius 2 is 2.27 bits per heavy atom. The molecule has 5 heteroatoms. The molecule has 1 unspecified atom stereocenters. The number of hydrogen-bond acceptors (Lipinski definition) is 4. The van der Waals surface area contributed by atoms with Gasteiger partial charge in [-0.05, 0) is 12.1 Å². The number of nitrogens with one attached hydrogen (secondary N) is 2. The SMILES string of the molecule is c1ccc2c(c1)NCC(c1ncn[nH]1)O2. The summed E-state index contributed by atoms with van der Waals surface area (Å²) in [6.45, 7) is 0.701. The van der Waals surface area contributed by atoms with Gasteiger partial charge in [0, 0.05) is 0 Å². The third kappa shape index (κ3) is 1.41. The number of H-pyrrole nitrogens is 1. The Bertz CT molecular complexity index is 454. The Balaban J connectivity index is 1.89. The lowest BCUT2D eigenvalue weighted by atomic mass is 10.2. The summed E-state index contributed by atoms with van der Waals surface area (Å²) >= 11 is 0. The Morgan fingerprint density at radius 1 is 1.33 bits per heavy atom. The summed E-state index contributed by atoms with van der Waals surface area (Å²) in [6, 6.07) is 7.85. The fraction of sp³-hybridized carbons (Fsp3) is 0.200. The van der Waals surface area contributed by atoms with Crippen molar-refractivity contribution in [3.63, 3.8) is 0 Å². The zero-order valence-electron chi connectivity index (χ0n) is 7.97. The minimum atomic E-state index is -0.0950. The van der Waals surface area contributed by atoms with Crippen molar-refractivity contribution in [2.45, 2.75) is 6.10 Å². The van der Waals surface area contributed by atoms with Gasteiger partial charge in [-0.25, -0.2) is 4.98 Å². The molecule has 0 saturated heterocycles. The quantitative estimate of drug-likeness (QED) is 0.732. The van der Waals surface area contributed by atoms with E-state index < -0.39 is 0 Å². The van der Waals surface area contributed by atoms with Crippen LogP contribution in [0, 0.1) is 0 Å². The molecule has 0 saturated carbocycles. The van der Waals surface area contributed by atoms with Crippen molar-refractivity contribution in [1.29, 1.82) is 0 Å². The molecular weight excluding hydrogens is 192 g/mol. The highest BCUT2D eigenvalue weighted by atomic mass is 16.5. The molecule has 2 N–H and O–H groups in total. The van der Waals surface area contributed by atoms with Crippen LogP contribution in [0.1, 0.15) is 11.9 Å². The summed E-state index contributed by atoms with van der Waals surface area (Å²) in [5.41, 5.74) is 1.02. The largest absolute Gasteiger partial charge is 0.478 e. The molecular formula is C10H10N4O. The molecule has 1 aromatic carbocycles. The number of hydrogen-bond donors (Lipinski definition) is 2. The van der Waals surface area contributed by atoms with E-state index in [0.717, 1.165) is 17.3 Å². The molecule has 5 nitrogen and oxygen atoms in total. The zero-order chi connectivity index (χ0) is 10.1. The second-order valence-corrected chi connectivity index (χ2v) is 3.35. The van der Waals surface area contributed by atoms with E-state index in [1.807, 2.05) is 24.3 Å². The van der Waals surface area contributed by atoms with Crippen LogP contribution >= 0.6 is 0 Å². The number of rotatable bonds is 1. The van der Waals surface area contributed by atoms with Crippen molar-refractivity contribution in [3.8, 4) is 5.75 Å². The van der Waals surface area contributed by atoms with Crippen LogP contribution in [-0.4, -0.2) is 21.7 Å². The van der Waals surface area contributed by atoms with Gasteiger partial charge in [-0.1, -0.05) is 12.1 Å². The van der Waals surface area contributed by atoms with Crippen LogP contribution in [0.4, 0.5) is 5.69 Å².